The third-order valence-corrected chi connectivity index (χ3v) is 6.38. The zero-order valence-corrected chi connectivity index (χ0v) is 16.8. The fourth-order valence-electron chi connectivity index (χ4n) is 2.50. The van der Waals surface area contributed by atoms with Crippen LogP contribution in [0.5, 0.6) is 0 Å². The van der Waals surface area contributed by atoms with Crippen molar-refractivity contribution in [3.8, 4) is 0 Å². The van der Waals surface area contributed by atoms with E-state index in [4.69, 9.17) is 23.2 Å². The summed E-state index contributed by atoms with van der Waals surface area (Å²) in [5, 5.41) is 6.47. The molecule has 0 N–H and O–H groups in total. The second-order valence-corrected chi connectivity index (χ2v) is 7.27. The van der Waals surface area contributed by atoms with Crippen molar-refractivity contribution in [2.24, 2.45) is 0 Å². The highest BCUT2D eigenvalue weighted by Gasteiger charge is 2.18. The number of carbonyl (C=O) groups is 1. The van der Waals surface area contributed by atoms with E-state index in [1.165, 1.54) is 16.4 Å². The highest BCUT2D eigenvalue weighted by molar-refractivity contribution is 7.99. The molecular formula is C17H21Cl2N3OS. The number of hydrogen-bond acceptors (Lipinski definition) is 3. The first-order valence-corrected chi connectivity index (χ1v) is 9.36. The first kappa shape index (κ1) is 19.2. The molecule has 0 unspecified atom stereocenters. The second-order valence-electron chi connectivity index (χ2n) is 5.49. The van der Waals surface area contributed by atoms with E-state index in [9.17, 15) is 4.79 Å². The Labute approximate surface area is 157 Å². The van der Waals surface area contributed by atoms with Gasteiger partial charge in [-0.15, -0.1) is 0 Å². The lowest BCUT2D eigenvalue weighted by molar-refractivity contribution is 0.201. The lowest BCUT2D eigenvalue weighted by Gasteiger charge is -2.17. The van der Waals surface area contributed by atoms with Crippen LogP contribution in [0.3, 0.4) is 0 Å². The Morgan fingerprint density at radius 3 is 2.17 bits per heavy atom. The minimum absolute atomic E-state index is 0.125. The number of rotatable bonds is 4. The van der Waals surface area contributed by atoms with Crippen molar-refractivity contribution in [2.45, 2.75) is 44.5 Å². The van der Waals surface area contributed by atoms with Crippen LogP contribution in [0.25, 0.3) is 0 Å². The number of nitrogens with zero attached hydrogens (tertiary/aromatic N) is 3. The molecule has 1 amide bonds. The molecule has 7 heteroatoms. The molecule has 2 aromatic rings. The van der Waals surface area contributed by atoms with E-state index in [1.54, 1.807) is 11.1 Å². The van der Waals surface area contributed by atoms with Crippen LogP contribution < -0.4 is 0 Å². The van der Waals surface area contributed by atoms with E-state index in [2.05, 4.69) is 5.10 Å². The molecule has 0 bridgehead atoms. The summed E-state index contributed by atoms with van der Waals surface area (Å²) < 4.78 is 1.37. The second kappa shape index (κ2) is 7.81. The molecule has 0 aliphatic heterocycles. The fraction of sp³-hybridized carbons (Fsp3) is 0.412. The minimum Gasteiger partial charge on any atom is -0.323 e. The first-order valence-electron chi connectivity index (χ1n) is 7.79. The van der Waals surface area contributed by atoms with Crippen LogP contribution in [0.4, 0.5) is 4.79 Å². The Bertz CT molecular complexity index is 740. The van der Waals surface area contributed by atoms with Crippen molar-refractivity contribution in [1.29, 1.82) is 0 Å². The largest absolute Gasteiger partial charge is 0.344 e. The van der Waals surface area contributed by atoms with Crippen LogP contribution in [-0.2, 0) is 0 Å². The summed E-state index contributed by atoms with van der Waals surface area (Å²) in [6.07, 6.45) is 1.69. The van der Waals surface area contributed by atoms with Crippen LogP contribution in [0, 0.1) is 20.8 Å². The molecule has 1 heterocycles. The molecule has 4 nitrogen and oxygen atoms in total. The number of hydrogen-bond donors (Lipinski definition) is 0. The van der Waals surface area contributed by atoms with E-state index < -0.39 is 0 Å². The zero-order valence-electron chi connectivity index (χ0n) is 14.5. The van der Waals surface area contributed by atoms with Crippen molar-refractivity contribution < 1.29 is 4.79 Å². The van der Waals surface area contributed by atoms with Crippen molar-refractivity contribution >= 4 is 41.0 Å². The van der Waals surface area contributed by atoms with Gasteiger partial charge in [0, 0.05) is 34.2 Å². The van der Waals surface area contributed by atoms with Gasteiger partial charge in [0.25, 0.3) is 0 Å². The molecule has 0 spiro atoms. The molecule has 0 saturated carbocycles. The van der Waals surface area contributed by atoms with Gasteiger partial charge in [0.05, 0.1) is 0 Å². The molecule has 24 heavy (non-hydrogen) atoms. The Hall–Kier alpha value is -1.17. The van der Waals surface area contributed by atoms with E-state index in [0.29, 0.717) is 23.1 Å². The summed E-state index contributed by atoms with van der Waals surface area (Å²) >= 11 is 14.2. The van der Waals surface area contributed by atoms with E-state index in [-0.39, 0.29) is 6.03 Å². The molecular weight excluding hydrogens is 365 g/mol. The van der Waals surface area contributed by atoms with E-state index in [1.807, 2.05) is 40.7 Å². The maximum absolute atomic E-state index is 12.3. The smallest absolute Gasteiger partial charge is 0.323 e. The van der Waals surface area contributed by atoms with E-state index in [0.717, 1.165) is 26.6 Å². The third kappa shape index (κ3) is 3.58. The molecule has 0 fully saturated rings. The van der Waals surface area contributed by atoms with Crippen LogP contribution in [-0.4, -0.2) is 33.8 Å². The third-order valence-electron chi connectivity index (χ3n) is 4.00. The molecule has 1 aromatic heterocycles. The predicted octanol–water partition coefficient (Wildman–Crippen LogP) is 5.58. The molecule has 2 rings (SSSR count). The average Bonchev–Trinajstić information content (AvgIpc) is 3.05. The minimum atomic E-state index is -0.125. The van der Waals surface area contributed by atoms with Gasteiger partial charge < -0.3 is 4.90 Å². The van der Waals surface area contributed by atoms with Crippen LogP contribution in [0.1, 0.15) is 30.5 Å². The van der Waals surface area contributed by atoms with Gasteiger partial charge in [0.1, 0.15) is 5.03 Å². The maximum Gasteiger partial charge on any atom is 0.344 e. The lowest BCUT2D eigenvalue weighted by Crippen LogP contribution is -2.34. The Morgan fingerprint density at radius 2 is 1.67 bits per heavy atom. The summed E-state index contributed by atoms with van der Waals surface area (Å²) in [4.78, 5) is 15.0. The molecule has 0 atom stereocenters. The number of aromatic nitrogens is 2. The number of benzene rings is 1. The maximum atomic E-state index is 12.3. The Morgan fingerprint density at radius 1 is 1.12 bits per heavy atom. The predicted molar refractivity (Wildman–Crippen MR) is 101 cm³/mol. The van der Waals surface area contributed by atoms with Gasteiger partial charge in [0.2, 0.25) is 0 Å². The van der Waals surface area contributed by atoms with E-state index >= 15 is 0 Å². The van der Waals surface area contributed by atoms with Crippen LogP contribution >= 0.6 is 35.0 Å². The highest BCUT2D eigenvalue weighted by atomic mass is 35.5. The van der Waals surface area contributed by atoms with Gasteiger partial charge in [-0.25, -0.2) is 4.79 Å². The number of amides is 1. The van der Waals surface area contributed by atoms with Gasteiger partial charge in [0.15, 0.2) is 0 Å². The normalized spacial score (nSPS) is 11.0. The number of carbonyl (C=O) groups excluding carboxylic acids is 1. The van der Waals surface area contributed by atoms with Crippen molar-refractivity contribution in [3.63, 3.8) is 0 Å². The monoisotopic (exact) mass is 385 g/mol. The van der Waals surface area contributed by atoms with Gasteiger partial charge in [-0.1, -0.05) is 35.0 Å². The van der Waals surface area contributed by atoms with Gasteiger partial charge in [-0.3, -0.25) is 0 Å². The van der Waals surface area contributed by atoms with Crippen molar-refractivity contribution in [2.75, 3.05) is 13.1 Å². The fourth-order valence-corrected chi connectivity index (χ4v) is 4.02. The molecule has 0 saturated heterocycles. The summed E-state index contributed by atoms with van der Waals surface area (Å²) in [6, 6.07) is 1.70. The molecule has 0 aliphatic carbocycles. The Kier molecular flexibility index (Phi) is 6.23. The Balaban J connectivity index is 2.33. The van der Waals surface area contributed by atoms with Crippen molar-refractivity contribution in [3.05, 3.63) is 39.0 Å². The highest BCUT2D eigenvalue weighted by Crippen LogP contribution is 2.41. The molecule has 130 valence electrons. The van der Waals surface area contributed by atoms with Gasteiger partial charge >= 0.3 is 6.03 Å². The zero-order chi connectivity index (χ0) is 18.0. The summed E-state index contributed by atoms with van der Waals surface area (Å²) in [7, 11) is 0. The summed E-state index contributed by atoms with van der Waals surface area (Å²) in [6.45, 7) is 11.1. The topological polar surface area (TPSA) is 38.1 Å². The van der Waals surface area contributed by atoms with Crippen LogP contribution in [0.15, 0.2) is 22.2 Å². The average molecular weight is 386 g/mol. The molecule has 0 radical (unpaired) electrons. The van der Waals surface area contributed by atoms with Gasteiger partial charge in [-0.05, 0) is 57.4 Å². The standard InChI is InChI=1S/C17H21Cl2N3OS/c1-6-21(7-2)17(23)22-9-8-13(20-22)24-16-11(4)14(18)10(3)15(19)12(16)5/h8-9H,6-7H2,1-5H3. The summed E-state index contributed by atoms with van der Waals surface area (Å²) in [5.41, 5.74) is 2.84. The SMILES string of the molecule is CCN(CC)C(=O)n1ccc(Sc2c(C)c(Cl)c(C)c(Cl)c2C)n1. The van der Waals surface area contributed by atoms with Gasteiger partial charge in [-0.2, -0.15) is 9.78 Å². The quantitative estimate of drug-likeness (QED) is 0.689. The molecule has 0 aliphatic rings. The number of halogens is 2. The summed E-state index contributed by atoms with van der Waals surface area (Å²) in [5.74, 6) is 0. The first-order chi connectivity index (χ1) is 11.3. The van der Waals surface area contributed by atoms with Crippen LogP contribution in [0.2, 0.25) is 10.0 Å². The molecule has 1 aromatic carbocycles. The van der Waals surface area contributed by atoms with Crippen molar-refractivity contribution in [1.82, 2.24) is 14.7 Å². The lowest BCUT2D eigenvalue weighted by atomic mass is 10.1.